The number of carbonyl (C=O) groups excluding carboxylic acids is 2. The van der Waals surface area contributed by atoms with Crippen LogP contribution in [-0.4, -0.2) is 36.9 Å². The molecule has 0 amide bonds. The molecule has 0 aromatic carbocycles. The second-order valence-corrected chi connectivity index (χ2v) is 3.05. The fraction of sp³-hybridized carbons (Fsp3) is 0.556. The third kappa shape index (κ3) is 1.71. The molecule has 1 aliphatic heterocycles. The van der Waals surface area contributed by atoms with E-state index in [1.54, 1.807) is 18.0 Å². The second-order valence-electron chi connectivity index (χ2n) is 3.05. The second kappa shape index (κ2) is 3.60. The number of hydrogen-bond acceptors (Lipinski definition) is 4. The fourth-order valence-electron chi connectivity index (χ4n) is 1.46. The highest BCUT2D eigenvalue weighted by atomic mass is 16.5. The van der Waals surface area contributed by atoms with E-state index in [1.807, 2.05) is 0 Å². The van der Waals surface area contributed by atoms with Crippen molar-refractivity contribution in [2.75, 3.05) is 14.2 Å². The van der Waals surface area contributed by atoms with Crippen LogP contribution < -0.4 is 0 Å². The Morgan fingerprint density at radius 2 is 2.23 bits per heavy atom. The maximum absolute atomic E-state index is 11.1. The van der Waals surface area contributed by atoms with Crippen molar-refractivity contribution in [3.8, 4) is 0 Å². The van der Waals surface area contributed by atoms with Gasteiger partial charge in [0.25, 0.3) is 0 Å². The summed E-state index contributed by atoms with van der Waals surface area (Å²) < 4.78 is 4.57. The largest absolute Gasteiger partial charge is 0.464 e. The Balaban J connectivity index is 2.73. The van der Waals surface area contributed by atoms with Crippen LogP contribution in [0.15, 0.2) is 11.8 Å². The van der Waals surface area contributed by atoms with E-state index in [1.165, 1.54) is 14.0 Å². The summed E-state index contributed by atoms with van der Waals surface area (Å²) in [5.74, 6) is -0.316. The zero-order valence-corrected chi connectivity index (χ0v) is 8.03. The van der Waals surface area contributed by atoms with E-state index in [-0.39, 0.29) is 17.8 Å². The number of ether oxygens (including phenoxy) is 1. The first kappa shape index (κ1) is 9.77. The summed E-state index contributed by atoms with van der Waals surface area (Å²) in [6, 6.07) is -0.200. The first-order chi connectivity index (χ1) is 6.07. The van der Waals surface area contributed by atoms with E-state index in [0.29, 0.717) is 12.1 Å². The van der Waals surface area contributed by atoms with Crippen molar-refractivity contribution < 1.29 is 14.3 Å². The molecule has 4 nitrogen and oxygen atoms in total. The van der Waals surface area contributed by atoms with E-state index in [9.17, 15) is 9.59 Å². The monoisotopic (exact) mass is 183 g/mol. The fourth-order valence-corrected chi connectivity index (χ4v) is 1.46. The van der Waals surface area contributed by atoms with Crippen LogP contribution in [0.3, 0.4) is 0 Å². The van der Waals surface area contributed by atoms with Crippen LogP contribution >= 0.6 is 0 Å². The number of ketones is 1. The average Bonchev–Trinajstić information content (AvgIpc) is 2.46. The normalized spacial score (nSPS) is 21.3. The number of likely N-dealkylation sites (N-methyl/N-ethyl adjacent to an activating group) is 1. The van der Waals surface area contributed by atoms with Crippen molar-refractivity contribution in [3.63, 3.8) is 0 Å². The van der Waals surface area contributed by atoms with Crippen molar-refractivity contribution in [1.82, 2.24) is 4.90 Å². The number of nitrogens with zero attached hydrogens (tertiary/aromatic N) is 1. The van der Waals surface area contributed by atoms with E-state index < -0.39 is 0 Å². The van der Waals surface area contributed by atoms with Crippen molar-refractivity contribution in [1.29, 1.82) is 0 Å². The lowest BCUT2D eigenvalue weighted by atomic mass is 10.1. The Morgan fingerprint density at radius 1 is 1.62 bits per heavy atom. The van der Waals surface area contributed by atoms with Gasteiger partial charge in [0.15, 0.2) is 5.78 Å². The minimum Gasteiger partial charge on any atom is -0.464 e. The number of carbonyl (C=O) groups is 2. The number of Topliss-reactive ketones (excluding diaryl/α,β-unsaturated/α-hetero) is 1. The molecule has 0 fully saturated rings. The molecule has 13 heavy (non-hydrogen) atoms. The number of methoxy groups -OCH3 is 1. The van der Waals surface area contributed by atoms with Crippen LogP contribution in [0.25, 0.3) is 0 Å². The summed E-state index contributed by atoms with van der Waals surface area (Å²) >= 11 is 0. The van der Waals surface area contributed by atoms with Crippen LogP contribution in [0.5, 0.6) is 0 Å². The zero-order chi connectivity index (χ0) is 10.0. The molecule has 0 saturated carbocycles. The lowest BCUT2D eigenvalue weighted by Gasteiger charge is -2.21. The summed E-state index contributed by atoms with van der Waals surface area (Å²) in [5, 5.41) is 0. The zero-order valence-electron chi connectivity index (χ0n) is 8.03. The van der Waals surface area contributed by atoms with Crippen LogP contribution in [0.4, 0.5) is 0 Å². The quantitative estimate of drug-likeness (QED) is 0.579. The Kier molecular flexibility index (Phi) is 2.70. The molecular weight excluding hydrogens is 170 g/mol. The summed E-state index contributed by atoms with van der Waals surface area (Å²) in [5.41, 5.74) is 0.475. The molecule has 1 rings (SSSR count). The molecule has 1 heterocycles. The van der Waals surface area contributed by atoms with Gasteiger partial charge in [-0.1, -0.05) is 6.08 Å². The van der Waals surface area contributed by atoms with Crippen molar-refractivity contribution >= 4 is 11.8 Å². The minimum atomic E-state index is -0.383. The van der Waals surface area contributed by atoms with E-state index in [0.717, 1.165) is 0 Å². The SMILES string of the molecule is COC(=O)C1=CCC(C(C)=O)N1C. The summed E-state index contributed by atoms with van der Waals surface area (Å²) in [4.78, 5) is 23.9. The molecule has 0 aromatic rings. The Bertz CT molecular complexity index is 270. The number of hydrogen-bond donors (Lipinski definition) is 0. The van der Waals surface area contributed by atoms with Crippen LogP contribution in [0.2, 0.25) is 0 Å². The molecule has 0 radical (unpaired) electrons. The summed E-state index contributed by atoms with van der Waals surface area (Å²) in [7, 11) is 3.06. The van der Waals surface area contributed by atoms with Gasteiger partial charge in [0, 0.05) is 7.05 Å². The summed E-state index contributed by atoms with van der Waals surface area (Å²) in [6.45, 7) is 1.52. The lowest BCUT2D eigenvalue weighted by molar-refractivity contribution is -0.137. The van der Waals surface area contributed by atoms with E-state index >= 15 is 0 Å². The van der Waals surface area contributed by atoms with Gasteiger partial charge in [-0.2, -0.15) is 0 Å². The molecule has 1 atom stereocenters. The maximum atomic E-state index is 11.1. The summed E-state index contributed by atoms with van der Waals surface area (Å²) in [6.07, 6.45) is 2.33. The topological polar surface area (TPSA) is 46.6 Å². The molecule has 4 heteroatoms. The molecular formula is C9H13NO3. The lowest BCUT2D eigenvalue weighted by Crippen LogP contribution is -2.34. The predicted octanol–water partition coefficient (Wildman–Crippen LogP) is 0.336. The molecule has 1 unspecified atom stereocenters. The minimum absolute atomic E-state index is 0.0673. The molecule has 0 N–H and O–H groups in total. The highest BCUT2D eigenvalue weighted by Gasteiger charge is 2.30. The molecule has 1 aliphatic rings. The van der Waals surface area contributed by atoms with Gasteiger partial charge in [-0.3, -0.25) is 4.79 Å². The van der Waals surface area contributed by atoms with E-state index in [4.69, 9.17) is 0 Å². The Labute approximate surface area is 77.2 Å². The highest BCUT2D eigenvalue weighted by Crippen LogP contribution is 2.21. The first-order valence-electron chi connectivity index (χ1n) is 4.09. The third-order valence-corrected chi connectivity index (χ3v) is 2.25. The molecule has 0 saturated heterocycles. The van der Waals surface area contributed by atoms with Gasteiger partial charge in [0.2, 0.25) is 0 Å². The van der Waals surface area contributed by atoms with E-state index in [2.05, 4.69) is 4.74 Å². The number of esters is 1. The maximum Gasteiger partial charge on any atom is 0.353 e. The van der Waals surface area contributed by atoms with Crippen LogP contribution in [0.1, 0.15) is 13.3 Å². The highest BCUT2D eigenvalue weighted by molar-refractivity contribution is 5.91. The Morgan fingerprint density at radius 3 is 2.62 bits per heavy atom. The standard InChI is InChI=1S/C9H13NO3/c1-6(11)7-4-5-8(10(7)2)9(12)13-3/h5,7H,4H2,1-3H3. The Hall–Kier alpha value is -1.32. The average molecular weight is 183 g/mol. The van der Waals surface area contributed by atoms with Gasteiger partial charge in [0.1, 0.15) is 5.70 Å². The smallest absolute Gasteiger partial charge is 0.353 e. The van der Waals surface area contributed by atoms with Crippen molar-refractivity contribution in [2.24, 2.45) is 0 Å². The first-order valence-corrected chi connectivity index (χ1v) is 4.09. The van der Waals surface area contributed by atoms with Gasteiger partial charge in [0.05, 0.1) is 13.2 Å². The van der Waals surface area contributed by atoms with Gasteiger partial charge in [-0.05, 0) is 13.3 Å². The molecule has 72 valence electrons. The molecule has 0 aliphatic carbocycles. The van der Waals surface area contributed by atoms with Gasteiger partial charge >= 0.3 is 5.97 Å². The van der Waals surface area contributed by atoms with Crippen LogP contribution in [-0.2, 0) is 14.3 Å². The number of rotatable bonds is 2. The van der Waals surface area contributed by atoms with Gasteiger partial charge < -0.3 is 9.64 Å². The molecule has 0 bridgehead atoms. The van der Waals surface area contributed by atoms with Crippen LogP contribution in [0, 0.1) is 0 Å². The third-order valence-electron chi connectivity index (χ3n) is 2.25. The predicted molar refractivity (Wildman–Crippen MR) is 46.9 cm³/mol. The molecule has 0 spiro atoms. The van der Waals surface area contributed by atoms with Gasteiger partial charge in [-0.25, -0.2) is 4.79 Å². The van der Waals surface area contributed by atoms with Crippen molar-refractivity contribution in [2.45, 2.75) is 19.4 Å². The van der Waals surface area contributed by atoms with Crippen molar-refractivity contribution in [3.05, 3.63) is 11.8 Å². The molecule has 0 aromatic heterocycles. The van der Waals surface area contributed by atoms with Gasteiger partial charge in [-0.15, -0.1) is 0 Å².